The summed E-state index contributed by atoms with van der Waals surface area (Å²) in [4.78, 5) is 22.5. The van der Waals surface area contributed by atoms with Gasteiger partial charge in [-0.15, -0.1) is 0 Å². The highest BCUT2D eigenvalue weighted by Gasteiger charge is 2.47. The normalized spacial score (nSPS) is 34.1. The summed E-state index contributed by atoms with van der Waals surface area (Å²) in [5.41, 5.74) is 0.162. The predicted molar refractivity (Wildman–Crippen MR) is 59.6 cm³/mol. The van der Waals surface area contributed by atoms with E-state index < -0.39 is 17.9 Å². The number of amides is 2. The van der Waals surface area contributed by atoms with Crippen LogP contribution in [0.1, 0.15) is 20.3 Å². The van der Waals surface area contributed by atoms with Gasteiger partial charge in [0.25, 0.3) is 0 Å². The number of hydrogen-bond donors (Lipinski definition) is 3. The Labute approximate surface area is 99.7 Å². The molecular formula is C11H18N2O4. The highest BCUT2D eigenvalue weighted by molar-refractivity contribution is 5.77. The monoisotopic (exact) mass is 242 g/mol. The number of urea groups is 1. The number of carbonyl (C=O) groups excluding carboxylic acids is 1. The molecule has 96 valence electrons. The highest BCUT2D eigenvalue weighted by atomic mass is 16.5. The largest absolute Gasteiger partial charge is 0.481 e. The van der Waals surface area contributed by atoms with Gasteiger partial charge in [-0.2, -0.15) is 0 Å². The maximum atomic E-state index is 11.6. The van der Waals surface area contributed by atoms with E-state index in [1.54, 1.807) is 0 Å². The second-order valence-electron chi connectivity index (χ2n) is 5.45. The maximum Gasteiger partial charge on any atom is 0.315 e. The first-order chi connectivity index (χ1) is 7.90. The van der Waals surface area contributed by atoms with Crippen LogP contribution >= 0.6 is 0 Å². The van der Waals surface area contributed by atoms with Gasteiger partial charge in [0.1, 0.15) is 5.92 Å². The minimum absolute atomic E-state index is 0.162. The standard InChI is InChI=1S/C11H18N2O4/c1-11(2)3-8(11)13-10(16)12-7-5-17-4-6(7)9(14)15/h6-8H,3-5H2,1-2H3,(H,14,15)(H2,12,13,16). The average molecular weight is 242 g/mol. The van der Waals surface area contributed by atoms with Crippen LogP contribution in [0.2, 0.25) is 0 Å². The van der Waals surface area contributed by atoms with Gasteiger partial charge in [0.05, 0.1) is 19.3 Å². The lowest BCUT2D eigenvalue weighted by Gasteiger charge is -2.16. The molecule has 3 unspecified atom stereocenters. The Morgan fingerprint density at radius 2 is 1.94 bits per heavy atom. The Bertz CT molecular complexity index is 342. The van der Waals surface area contributed by atoms with Crippen molar-refractivity contribution in [1.29, 1.82) is 0 Å². The fourth-order valence-corrected chi connectivity index (χ4v) is 2.02. The van der Waals surface area contributed by atoms with Gasteiger partial charge in [-0.1, -0.05) is 13.8 Å². The van der Waals surface area contributed by atoms with E-state index in [2.05, 4.69) is 24.5 Å². The predicted octanol–water partition coefficient (Wildman–Crippen LogP) is 0.184. The summed E-state index contributed by atoms with van der Waals surface area (Å²) in [7, 11) is 0. The molecule has 3 atom stereocenters. The third-order valence-corrected chi connectivity index (χ3v) is 3.53. The minimum atomic E-state index is -0.931. The number of carbonyl (C=O) groups is 2. The SMILES string of the molecule is CC1(C)CC1NC(=O)NC1COCC1C(=O)O. The molecule has 6 heteroatoms. The number of hydrogen-bond acceptors (Lipinski definition) is 3. The molecule has 2 fully saturated rings. The van der Waals surface area contributed by atoms with Crippen LogP contribution in [0.5, 0.6) is 0 Å². The van der Waals surface area contributed by atoms with Crippen molar-refractivity contribution in [1.82, 2.24) is 10.6 Å². The number of nitrogens with one attached hydrogen (secondary N) is 2. The Kier molecular flexibility index (Phi) is 2.99. The quantitative estimate of drug-likeness (QED) is 0.659. The van der Waals surface area contributed by atoms with Crippen LogP contribution < -0.4 is 10.6 Å². The Morgan fingerprint density at radius 3 is 2.47 bits per heavy atom. The van der Waals surface area contributed by atoms with Crippen molar-refractivity contribution in [3.63, 3.8) is 0 Å². The third-order valence-electron chi connectivity index (χ3n) is 3.53. The van der Waals surface area contributed by atoms with Crippen LogP contribution in [-0.4, -0.2) is 42.4 Å². The summed E-state index contributed by atoms with van der Waals surface area (Å²) in [6, 6.07) is -0.551. The molecule has 6 nitrogen and oxygen atoms in total. The Balaban J connectivity index is 1.80. The molecule has 1 saturated carbocycles. The zero-order chi connectivity index (χ0) is 12.6. The van der Waals surface area contributed by atoms with Crippen molar-refractivity contribution in [3.8, 4) is 0 Å². The van der Waals surface area contributed by atoms with E-state index in [9.17, 15) is 9.59 Å². The van der Waals surface area contributed by atoms with Crippen LogP contribution in [0.4, 0.5) is 4.79 Å². The molecule has 1 aliphatic carbocycles. The first-order valence-electron chi connectivity index (χ1n) is 5.78. The topological polar surface area (TPSA) is 87.7 Å². The molecular weight excluding hydrogens is 224 g/mol. The highest BCUT2D eigenvalue weighted by Crippen LogP contribution is 2.44. The molecule has 3 N–H and O–H groups in total. The average Bonchev–Trinajstić information content (AvgIpc) is 2.62. The van der Waals surface area contributed by atoms with Crippen LogP contribution in [0.25, 0.3) is 0 Å². The number of aliphatic carboxylic acids is 1. The van der Waals surface area contributed by atoms with Gasteiger partial charge < -0.3 is 20.5 Å². The van der Waals surface area contributed by atoms with Gasteiger partial charge in [-0.3, -0.25) is 4.79 Å². The van der Waals surface area contributed by atoms with Crippen molar-refractivity contribution < 1.29 is 19.4 Å². The Hall–Kier alpha value is -1.30. The summed E-state index contributed by atoms with van der Waals surface area (Å²) in [6.07, 6.45) is 0.962. The van der Waals surface area contributed by atoms with Gasteiger partial charge in [0.15, 0.2) is 0 Å². The second-order valence-corrected chi connectivity index (χ2v) is 5.45. The molecule has 0 radical (unpaired) electrons. The van der Waals surface area contributed by atoms with E-state index in [-0.39, 0.29) is 30.7 Å². The molecule has 2 rings (SSSR count). The van der Waals surface area contributed by atoms with Gasteiger partial charge in [-0.05, 0) is 11.8 Å². The fourth-order valence-electron chi connectivity index (χ4n) is 2.02. The van der Waals surface area contributed by atoms with Crippen LogP contribution in [0, 0.1) is 11.3 Å². The van der Waals surface area contributed by atoms with E-state index in [1.165, 1.54) is 0 Å². The Morgan fingerprint density at radius 1 is 1.29 bits per heavy atom. The lowest BCUT2D eigenvalue weighted by Crippen LogP contribution is -2.48. The van der Waals surface area contributed by atoms with E-state index in [0.29, 0.717) is 0 Å². The van der Waals surface area contributed by atoms with Crippen LogP contribution in [0.3, 0.4) is 0 Å². The summed E-state index contributed by atoms with van der Waals surface area (Å²) < 4.78 is 5.07. The molecule has 0 bridgehead atoms. The van der Waals surface area contributed by atoms with E-state index in [4.69, 9.17) is 9.84 Å². The third kappa shape index (κ3) is 2.69. The molecule has 0 aromatic carbocycles. The van der Waals surface area contributed by atoms with Gasteiger partial charge in [0, 0.05) is 6.04 Å². The van der Waals surface area contributed by atoms with Crippen molar-refractivity contribution >= 4 is 12.0 Å². The first-order valence-corrected chi connectivity index (χ1v) is 5.78. The van der Waals surface area contributed by atoms with Gasteiger partial charge >= 0.3 is 12.0 Å². The zero-order valence-corrected chi connectivity index (χ0v) is 10.0. The smallest absolute Gasteiger partial charge is 0.315 e. The number of rotatable bonds is 3. The fraction of sp³-hybridized carbons (Fsp3) is 0.818. The molecule has 1 saturated heterocycles. The summed E-state index contributed by atoms with van der Waals surface area (Å²) in [5, 5.41) is 14.4. The summed E-state index contributed by atoms with van der Waals surface area (Å²) in [6.45, 7) is 4.58. The van der Waals surface area contributed by atoms with Crippen LogP contribution in [-0.2, 0) is 9.53 Å². The van der Waals surface area contributed by atoms with Gasteiger partial charge in [-0.25, -0.2) is 4.79 Å². The summed E-state index contributed by atoms with van der Waals surface area (Å²) >= 11 is 0. The number of ether oxygens (including phenoxy) is 1. The number of carboxylic acid groups (broad SMARTS) is 1. The van der Waals surface area contributed by atoms with E-state index in [0.717, 1.165) is 6.42 Å². The van der Waals surface area contributed by atoms with Crippen molar-refractivity contribution in [3.05, 3.63) is 0 Å². The molecule has 1 aliphatic heterocycles. The first kappa shape index (κ1) is 12.2. The lowest BCUT2D eigenvalue weighted by molar-refractivity contribution is -0.142. The molecule has 1 heterocycles. The van der Waals surface area contributed by atoms with Crippen molar-refractivity contribution in [2.24, 2.45) is 11.3 Å². The molecule has 2 amide bonds. The van der Waals surface area contributed by atoms with Crippen LogP contribution in [0.15, 0.2) is 0 Å². The second kappa shape index (κ2) is 4.18. The van der Waals surface area contributed by atoms with E-state index >= 15 is 0 Å². The molecule has 0 aromatic rings. The zero-order valence-electron chi connectivity index (χ0n) is 10.0. The molecule has 2 aliphatic rings. The van der Waals surface area contributed by atoms with Gasteiger partial charge in [0.2, 0.25) is 0 Å². The maximum absolute atomic E-state index is 11.6. The molecule has 0 aromatic heterocycles. The lowest BCUT2D eigenvalue weighted by atomic mass is 10.0. The summed E-state index contributed by atoms with van der Waals surface area (Å²) in [5.74, 6) is -1.58. The van der Waals surface area contributed by atoms with E-state index in [1.807, 2.05) is 0 Å². The van der Waals surface area contributed by atoms with Crippen molar-refractivity contribution in [2.45, 2.75) is 32.4 Å². The molecule has 0 spiro atoms. The number of carboxylic acids is 1. The molecule has 17 heavy (non-hydrogen) atoms. The minimum Gasteiger partial charge on any atom is -0.481 e. The van der Waals surface area contributed by atoms with Crippen molar-refractivity contribution in [2.75, 3.05) is 13.2 Å².